The maximum atomic E-state index is 3.54. The molecule has 3 heteroatoms. The Labute approximate surface area is 136 Å². The number of hydrogen-bond donors (Lipinski definition) is 0. The van der Waals surface area contributed by atoms with Crippen LogP contribution in [0.5, 0.6) is 0 Å². The lowest BCUT2D eigenvalue weighted by molar-refractivity contribution is -0.887. The largest absolute Gasteiger partial charge is 1.00 e. The van der Waals surface area contributed by atoms with Gasteiger partial charge in [-0.3, -0.25) is 0 Å². The Morgan fingerprint density at radius 3 is 1.53 bits per heavy atom. The predicted octanol–water partition coefficient (Wildman–Crippen LogP) is 2.38. The van der Waals surface area contributed by atoms with E-state index in [1.54, 1.807) is 0 Å². The maximum Gasteiger partial charge on any atom is 0.0880 e. The summed E-state index contributed by atoms with van der Waals surface area (Å²) in [7, 11) is 4.68. The second kappa shape index (κ2) is 15.1. The average Bonchev–Trinajstić information content (AvgIpc) is 2.31. The standard InChI is InChI=1S/C16H35BrN.ClH/c1-4-5-6-7-8-9-10-11-12-13-15-18(2,3)16-14-17;/h4-16H2,1-3H3;1H/q+1;/p-1. The van der Waals surface area contributed by atoms with E-state index in [9.17, 15) is 0 Å². The van der Waals surface area contributed by atoms with Gasteiger partial charge in [0.15, 0.2) is 0 Å². The van der Waals surface area contributed by atoms with Gasteiger partial charge in [0, 0.05) is 0 Å². The lowest BCUT2D eigenvalue weighted by Gasteiger charge is -2.29. The Morgan fingerprint density at radius 1 is 0.684 bits per heavy atom. The van der Waals surface area contributed by atoms with Crippen molar-refractivity contribution in [3.63, 3.8) is 0 Å². The summed E-state index contributed by atoms with van der Waals surface area (Å²) in [5.74, 6) is 0. The van der Waals surface area contributed by atoms with Crippen molar-refractivity contribution in [2.45, 2.75) is 71.1 Å². The van der Waals surface area contributed by atoms with E-state index < -0.39 is 0 Å². The Bertz CT molecular complexity index is 174. The average molecular weight is 357 g/mol. The van der Waals surface area contributed by atoms with Gasteiger partial charge in [0.1, 0.15) is 0 Å². The molecule has 0 rings (SSSR count). The normalized spacial score (nSPS) is 11.4. The predicted molar refractivity (Wildman–Crippen MR) is 87.5 cm³/mol. The van der Waals surface area contributed by atoms with Gasteiger partial charge >= 0.3 is 0 Å². The molecule has 0 amide bonds. The zero-order chi connectivity index (χ0) is 13.7. The van der Waals surface area contributed by atoms with Gasteiger partial charge in [-0.2, -0.15) is 0 Å². The zero-order valence-electron chi connectivity index (χ0n) is 13.4. The Balaban J connectivity index is 0. The van der Waals surface area contributed by atoms with Crippen molar-refractivity contribution in [2.75, 3.05) is 32.5 Å². The summed E-state index contributed by atoms with van der Waals surface area (Å²) in [5.41, 5.74) is 0. The van der Waals surface area contributed by atoms with Gasteiger partial charge in [0.05, 0.1) is 32.5 Å². The van der Waals surface area contributed by atoms with Gasteiger partial charge in [0.25, 0.3) is 0 Å². The molecule has 0 aliphatic carbocycles. The molecule has 0 heterocycles. The number of alkyl halides is 1. The van der Waals surface area contributed by atoms with Gasteiger partial charge in [-0.15, -0.1) is 0 Å². The number of unbranched alkanes of at least 4 members (excludes halogenated alkanes) is 9. The van der Waals surface area contributed by atoms with Crippen LogP contribution in [-0.2, 0) is 0 Å². The van der Waals surface area contributed by atoms with E-state index in [1.807, 2.05) is 0 Å². The highest BCUT2D eigenvalue weighted by Crippen LogP contribution is 2.11. The lowest BCUT2D eigenvalue weighted by Crippen LogP contribution is -3.00. The second-order valence-corrected chi connectivity index (χ2v) is 7.05. The summed E-state index contributed by atoms with van der Waals surface area (Å²) >= 11 is 3.54. The first-order valence-corrected chi connectivity index (χ1v) is 9.12. The fourth-order valence-corrected chi connectivity index (χ4v) is 3.33. The molecule has 0 N–H and O–H groups in total. The SMILES string of the molecule is CCCCCCCCCCCC[N+](C)(C)CCBr.[Cl-]. The minimum atomic E-state index is 0. The third kappa shape index (κ3) is 16.7. The van der Waals surface area contributed by atoms with E-state index in [1.165, 1.54) is 81.8 Å². The smallest absolute Gasteiger partial charge is 0.0880 e. The van der Waals surface area contributed by atoms with Gasteiger partial charge < -0.3 is 16.9 Å². The van der Waals surface area contributed by atoms with Crippen molar-refractivity contribution in [1.82, 2.24) is 0 Å². The van der Waals surface area contributed by atoms with E-state index >= 15 is 0 Å². The fraction of sp³-hybridized carbons (Fsp3) is 1.00. The highest BCUT2D eigenvalue weighted by atomic mass is 79.9. The van der Waals surface area contributed by atoms with E-state index in [2.05, 4.69) is 36.9 Å². The number of halogens is 2. The van der Waals surface area contributed by atoms with Crippen LogP contribution in [-0.4, -0.2) is 37.0 Å². The zero-order valence-corrected chi connectivity index (χ0v) is 15.7. The van der Waals surface area contributed by atoms with E-state index in [4.69, 9.17) is 0 Å². The Morgan fingerprint density at radius 2 is 1.11 bits per heavy atom. The van der Waals surface area contributed by atoms with Crippen molar-refractivity contribution in [3.8, 4) is 0 Å². The summed E-state index contributed by atoms with van der Waals surface area (Å²) in [6, 6.07) is 0. The molecule has 0 aliphatic heterocycles. The fourth-order valence-electron chi connectivity index (χ4n) is 2.37. The van der Waals surface area contributed by atoms with Gasteiger partial charge in [-0.1, -0.05) is 74.2 Å². The lowest BCUT2D eigenvalue weighted by atomic mass is 10.1. The molecule has 0 radical (unpaired) electrons. The topological polar surface area (TPSA) is 0 Å². The molecule has 0 unspecified atom stereocenters. The molecule has 19 heavy (non-hydrogen) atoms. The second-order valence-electron chi connectivity index (χ2n) is 6.25. The summed E-state index contributed by atoms with van der Waals surface area (Å²) < 4.78 is 1.17. The molecule has 118 valence electrons. The Kier molecular flexibility index (Phi) is 17.5. The molecule has 1 nitrogen and oxygen atoms in total. The van der Waals surface area contributed by atoms with Crippen molar-refractivity contribution in [3.05, 3.63) is 0 Å². The number of quaternary nitrogens is 1. The highest BCUT2D eigenvalue weighted by Gasteiger charge is 2.12. The van der Waals surface area contributed by atoms with E-state index in [0.717, 1.165) is 5.33 Å². The first kappa shape index (κ1) is 22.0. The molecule has 0 aromatic carbocycles. The van der Waals surface area contributed by atoms with Crippen LogP contribution in [0.25, 0.3) is 0 Å². The first-order chi connectivity index (χ1) is 8.62. The molecule has 0 saturated carbocycles. The van der Waals surface area contributed by atoms with E-state index in [-0.39, 0.29) is 12.4 Å². The van der Waals surface area contributed by atoms with Crippen LogP contribution in [0.4, 0.5) is 0 Å². The van der Waals surface area contributed by atoms with Gasteiger partial charge in [-0.05, 0) is 12.8 Å². The van der Waals surface area contributed by atoms with Crippen LogP contribution in [0, 0.1) is 0 Å². The van der Waals surface area contributed by atoms with Crippen LogP contribution < -0.4 is 12.4 Å². The molecule has 0 saturated heterocycles. The molecule has 0 spiro atoms. The molecule has 0 atom stereocenters. The molecular weight excluding hydrogens is 322 g/mol. The number of nitrogens with zero attached hydrogens (tertiary/aromatic N) is 1. The van der Waals surface area contributed by atoms with Crippen molar-refractivity contribution in [1.29, 1.82) is 0 Å². The minimum Gasteiger partial charge on any atom is -1.00 e. The first-order valence-electron chi connectivity index (χ1n) is 8.00. The monoisotopic (exact) mass is 355 g/mol. The van der Waals surface area contributed by atoms with E-state index in [0.29, 0.717) is 0 Å². The molecule has 0 aromatic heterocycles. The van der Waals surface area contributed by atoms with Crippen LogP contribution in [0.3, 0.4) is 0 Å². The van der Waals surface area contributed by atoms with Crippen LogP contribution in [0.15, 0.2) is 0 Å². The maximum absolute atomic E-state index is 3.54. The van der Waals surface area contributed by atoms with Crippen LogP contribution in [0.2, 0.25) is 0 Å². The Hall–Kier alpha value is 0.730. The third-order valence-electron chi connectivity index (χ3n) is 3.81. The van der Waals surface area contributed by atoms with Gasteiger partial charge in [-0.25, -0.2) is 0 Å². The van der Waals surface area contributed by atoms with Crippen molar-refractivity contribution < 1.29 is 16.9 Å². The molecule has 0 aliphatic rings. The van der Waals surface area contributed by atoms with Gasteiger partial charge in [0.2, 0.25) is 0 Å². The minimum absolute atomic E-state index is 0. The van der Waals surface area contributed by atoms with Crippen molar-refractivity contribution >= 4 is 15.9 Å². The van der Waals surface area contributed by atoms with Crippen LogP contribution >= 0.6 is 15.9 Å². The molecule has 0 aromatic rings. The van der Waals surface area contributed by atoms with Crippen molar-refractivity contribution in [2.24, 2.45) is 0 Å². The summed E-state index contributed by atoms with van der Waals surface area (Å²) in [5, 5.41) is 1.12. The summed E-state index contributed by atoms with van der Waals surface area (Å²) in [4.78, 5) is 0. The quantitative estimate of drug-likeness (QED) is 0.270. The molecule has 0 fully saturated rings. The highest BCUT2D eigenvalue weighted by molar-refractivity contribution is 9.09. The number of hydrogen-bond acceptors (Lipinski definition) is 0. The number of rotatable bonds is 13. The summed E-state index contributed by atoms with van der Waals surface area (Å²) in [6.07, 6.45) is 14.4. The summed E-state index contributed by atoms with van der Waals surface area (Å²) in [6.45, 7) is 4.87. The molecule has 0 bridgehead atoms. The van der Waals surface area contributed by atoms with Crippen LogP contribution in [0.1, 0.15) is 71.1 Å². The molecular formula is C16H35BrClN. The third-order valence-corrected chi connectivity index (χ3v) is 4.16.